The van der Waals surface area contributed by atoms with Gasteiger partial charge in [0, 0.05) is 17.6 Å². The number of rotatable bonds is 2. The summed E-state index contributed by atoms with van der Waals surface area (Å²) in [6, 6.07) is 1.48. The highest BCUT2D eigenvalue weighted by molar-refractivity contribution is 4.84. The Bertz CT molecular complexity index is 181. The van der Waals surface area contributed by atoms with Crippen LogP contribution in [-0.2, 0) is 0 Å². The van der Waals surface area contributed by atoms with Gasteiger partial charge in [0.25, 0.3) is 0 Å². The third kappa shape index (κ3) is 4.98. The van der Waals surface area contributed by atoms with Gasteiger partial charge in [-0.3, -0.25) is 0 Å². The van der Waals surface area contributed by atoms with Crippen LogP contribution < -0.4 is 5.32 Å². The lowest BCUT2D eigenvalue weighted by Gasteiger charge is -2.31. The van der Waals surface area contributed by atoms with Crippen LogP contribution in [0.1, 0.15) is 52.9 Å². The zero-order valence-corrected chi connectivity index (χ0v) is 11.1. The van der Waals surface area contributed by atoms with E-state index in [4.69, 9.17) is 0 Å². The van der Waals surface area contributed by atoms with E-state index in [9.17, 15) is 0 Å². The molecule has 0 saturated heterocycles. The molecule has 1 rings (SSSR count). The fraction of sp³-hybridized carbons (Fsp3) is 1.00. The summed E-state index contributed by atoms with van der Waals surface area (Å²) in [5.74, 6) is 0. The molecule has 0 aromatic carbocycles. The zero-order valence-electron chi connectivity index (χ0n) is 11.1. The topological polar surface area (TPSA) is 15.3 Å². The molecule has 0 heterocycles. The monoisotopic (exact) mass is 212 g/mol. The first kappa shape index (κ1) is 13.0. The molecule has 1 fully saturated rings. The van der Waals surface area contributed by atoms with Gasteiger partial charge in [0.1, 0.15) is 0 Å². The van der Waals surface area contributed by atoms with Crippen molar-refractivity contribution in [1.82, 2.24) is 10.2 Å². The molecule has 90 valence electrons. The average molecular weight is 212 g/mol. The Morgan fingerprint density at radius 2 is 1.67 bits per heavy atom. The van der Waals surface area contributed by atoms with Gasteiger partial charge in [-0.05, 0) is 54.1 Å². The van der Waals surface area contributed by atoms with Gasteiger partial charge in [0.05, 0.1) is 0 Å². The van der Waals surface area contributed by atoms with Gasteiger partial charge >= 0.3 is 0 Å². The molecule has 2 nitrogen and oxygen atoms in total. The summed E-state index contributed by atoms with van der Waals surface area (Å²) in [6.45, 7) is 6.80. The second-order valence-electron chi connectivity index (χ2n) is 6.23. The molecular formula is C13H28N2. The van der Waals surface area contributed by atoms with Crippen LogP contribution in [0.3, 0.4) is 0 Å². The van der Waals surface area contributed by atoms with E-state index in [1.807, 2.05) is 0 Å². The minimum Gasteiger partial charge on any atom is -0.309 e. The van der Waals surface area contributed by atoms with E-state index in [2.05, 4.69) is 45.1 Å². The third-order valence-corrected chi connectivity index (χ3v) is 3.26. The predicted octanol–water partition coefficient (Wildman–Crippen LogP) is 2.64. The summed E-state index contributed by atoms with van der Waals surface area (Å²) in [6.07, 6.45) is 6.81. The van der Waals surface area contributed by atoms with Crippen molar-refractivity contribution in [2.24, 2.45) is 0 Å². The van der Waals surface area contributed by atoms with Crippen molar-refractivity contribution in [1.29, 1.82) is 0 Å². The minimum atomic E-state index is 0.256. The number of nitrogens with one attached hydrogen (secondary N) is 1. The highest BCUT2D eigenvalue weighted by Crippen LogP contribution is 2.22. The molecule has 1 aliphatic carbocycles. The molecule has 0 aromatic heterocycles. The van der Waals surface area contributed by atoms with Crippen molar-refractivity contribution in [3.05, 3.63) is 0 Å². The van der Waals surface area contributed by atoms with Crippen LogP contribution in [0.5, 0.6) is 0 Å². The van der Waals surface area contributed by atoms with Crippen molar-refractivity contribution >= 4 is 0 Å². The number of hydrogen-bond donors (Lipinski definition) is 1. The van der Waals surface area contributed by atoms with Crippen molar-refractivity contribution in [2.75, 3.05) is 14.1 Å². The van der Waals surface area contributed by atoms with Crippen LogP contribution >= 0.6 is 0 Å². The average Bonchev–Trinajstić information content (AvgIpc) is 2.26. The van der Waals surface area contributed by atoms with Crippen LogP contribution in [0.2, 0.25) is 0 Å². The van der Waals surface area contributed by atoms with E-state index in [1.54, 1.807) is 0 Å². The van der Waals surface area contributed by atoms with Gasteiger partial charge in [-0.25, -0.2) is 0 Å². The number of nitrogens with zero attached hydrogens (tertiary/aromatic N) is 1. The Labute approximate surface area is 95.4 Å². The van der Waals surface area contributed by atoms with E-state index >= 15 is 0 Å². The van der Waals surface area contributed by atoms with Crippen molar-refractivity contribution < 1.29 is 0 Å². The summed E-state index contributed by atoms with van der Waals surface area (Å²) in [4.78, 5) is 2.39. The molecule has 0 bridgehead atoms. The highest BCUT2D eigenvalue weighted by atomic mass is 15.1. The molecule has 2 atom stereocenters. The molecule has 0 aromatic rings. The first-order valence-corrected chi connectivity index (χ1v) is 6.32. The molecule has 0 aliphatic heterocycles. The van der Waals surface area contributed by atoms with Crippen molar-refractivity contribution in [3.8, 4) is 0 Å². The largest absolute Gasteiger partial charge is 0.309 e. The molecule has 1 saturated carbocycles. The maximum Gasteiger partial charge on any atom is 0.0104 e. The van der Waals surface area contributed by atoms with Gasteiger partial charge in [-0.15, -0.1) is 0 Å². The second-order valence-corrected chi connectivity index (χ2v) is 6.23. The lowest BCUT2D eigenvalue weighted by atomic mass is 10.0. The van der Waals surface area contributed by atoms with Crippen LogP contribution in [0.25, 0.3) is 0 Å². The first-order valence-electron chi connectivity index (χ1n) is 6.32. The Balaban J connectivity index is 2.49. The minimum absolute atomic E-state index is 0.256. The van der Waals surface area contributed by atoms with Crippen molar-refractivity contribution in [2.45, 2.75) is 70.5 Å². The third-order valence-electron chi connectivity index (χ3n) is 3.26. The van der Waals surface area contributed by atoms with E-state index in [-0.39, 0.29) is 5.54 Å². The van der Waals surface area contributed by atoms with Crippen LogP contribution in [-0.4, -0.2) is 36.6 Å². The van der Waals surface area contributed by atoms with E-state index < -0.39 is 0 Å². The molecule has 2 heteroatoms. The smallest absolute Gasteiger partial charge is 0.0104 e. The van der Waals surface area contributed by atoms with Crippen LogP contribution in [0, 0.1) is 0 Å². The number of hydrogen-bond acceptors (Lipinski definition) is 2. The van der Waals surface area contributed by atoms with Gasteiger partial charge in [-0.1, -0.05) is 12.8 Å². The molecule has 0 radical (unpaired) electrons. The summed E-state index contributed by atoms with van der Waals surface area (Å²) < 4.78 is 0. The molecule has 2 unspecified atom stereocenters. The van der Waals surface area contributed by atoms with Gasteiger partial charge in [-0.2, -0.15) is 0 Å². The van der Waals surface area contributed by atoms with Gasteiger partial charge < -0.3 is 10.2 Å². The second kappa shape index (κ2) is 5.31. The van der Waals surface area contributed by atoms with E-state index in [0.29, 0.717) is 6.04 Å². The predicted molar refractivity (Wildman–Crippen MR) is 67.2 cm³/mol. The fourth-order valence-corrected chi connectivity index (χ4v) is 2.55. The van der Waals surface area contributed by atoms with Gasteiger partial charge in [0.2, 0.25) is 0 Å². The normalized spacial score (nSPS) is 29.2. The Kier molecular flexibility index (Phi) is 4.60. The Hall–Kier alpha value is -0.0800. The van der Waals surface area contributed by atoms with Crippen LogP contribution in [0.15, 0.2) is 0 Å². The maximum absolute atomic E-state index is 3.76. The SMILES string of the molecule is CN(C)C1CCCCC(NC(C)(C)C)C1. The fourth-order valence-electron chi connectivity index (χ4n) is 2.55. The quantitative estimate of drug-likeness (QED) is 0.708. The molecule has 1 aliphatic rings. The Morgan fingerprint density at radius 1 is 1.07 bits per heavy atom. The van der Waals surface area contributed by atoms with Crippen molar-refractivity contribution in [3.63, 3.8) is 0 Å². The van der Waals surface area contributed by atoms with Gasteiger partial charge in [0.15, 0.2) is 0 Å². The molecular weight excluding hydrogens is 184 g/mol. The molecule has 0 spiro atoms. The first-order chi connectivity index (χ1) is 6.88. The molecule has 1 N–H and O–H groups in total. The highest BCUT2D eigenvalue weighted by Gasteiger charge is 2.24. The van der Waals surface area contributed by atoms with E-state index in [0.717, 1.165) is 6.04 Å². The standard InChI is InChI=1S/C13H28N2/c1-13(2,3)14-11-8-6-7-9-12(10-11)15(4)5/h11-12,14H,6-10H2,1-5H3. The summed E-state index contributed by atoms with van der Waals surface area (Å²) in [5, 5.41) is 3.76. The zero-order chi connectivity index (χ0) is 11.5. The molecule has 15 heavy (non-hydrogen) atoms. The maximum atomic E-state index is 3.76. The molecule has 0 amide bonds. The summed E-state index contributed by atoms with van der Waals surface area (Å²) in [5.41, 5.74) is 0.256. The summed E-state index contributed by atoms with van der Waals surface area (Å²) in [7, 11) is 4.42. The van der Waals surface area contributed by atoms with E-state index in [1.165, 1.54) is 32.1 Å². The lowest BCUT2D eigenvalue weighted by molar-refractivity contribution is 0.234. The Morgan fingerprint density at radius 3 is 2.20 bits per heavy atom. The summed E-state index contributed by atoms with van der Waals surface area (Å²) >= 11 is 0. The van der Waals surface area contributed by atoms with Crippen LogP contribution in [0.4, 0.5) is 0 Å². The lowest BCUT2D eigenvalue weighted by Crippen LogP contribution is -2.45.